The molecule has 82 valence electrons. The summed E-state index contributed by atoms with van der Waals surface area (Å²) in [6.07, 6.45) is 0. The number of rotatable bonds is 1. The van der Waals surface area contributed by atoms with Gasteiger partial charge in [0.25, 0.3) is 0 Å². The lowest BCUT2D eigenvalue weighted by atomic mass is 10.0. The molecule has 1 aliphatic heterocycles. The fourth-order valence-electron chi connectivity index (χ4n) is 1.94. The first kappa shape index (κ1) is 9.41. The third-order valence-corrected chi connectivity index (χ3v) is 3.03. The van der Waals surface area contributed by atoms with Crippen molar-refractivity contribution in [3.8, 4) is 5.75 Å². The summed E-state index contributed by atoms with van der Waals surface area (Å²) in [6, 6.07) is 7.88. The number of hydrogen-bond acceptors (Lipinski definition) is 4. The van der Waals surface area contributed by atoms with E-state index in [9.17, 15) is 0 Å². The SMILES string of the molecule is Nn1c(C2COc3ccccc32)n[nH]c1=S. The van der Waals surface area contributed by atoms with Crippen molar-refractivity contribution in [1.82, 2.24) is 14.9 Å². The fraction of sp³-hybridized carbons (Fsp3) is 0.200. The molecule has 1 unspecified atom stereocenters. The van der Waals surface area contributed by atoms with Crippen molar-refractivity contribution >= 4 is 12.2 Å². The van der Waals surface area contributed by atoms with Crippen LogP contribution in [0.3, 0.4) is 0 Å². The molecule has 0 fully saturated rings. The van der Waals surface area contributed by atoms with Gasteiger partial charge in [0.1, 0.15) is 12.4 Å². The van der Waals surface area contributed by atoms with Crippen molar-refractivity contribution in [2.75, 3.05) is 12.4 Å². The molecule has 6 heteroatoms. The van der Waals surface area contributed by atoms with Crippen LogP contribution in [-0.4, -0.2) is 21.5 Å². The predicted octanol–water partition coefficient (Wildman–Crippen LogP) is 1.18. The minimum atomic E-state index is 0.0501. The number of H-pyrrole nitrogens is 1. The molecule has 16 heavy (non-hydrogen) atoms. The van der Waals surface area contributed by atoms with Crippen molar-refractivity contribution in [2.24, 2.45) is 0 Å². The van der Waals surface area contributed by atoms with Gasteiger partial charge < -0.3 is 10.6 Å². The van der Waals surface area contributed by atoms with Gasteiger partial charge in [-0.15, -0.1) is 0 Å². The number of hydrogen-bond donors (Lipinski definition) is 2. The van der Waals surface area contributed by atoms with E-state index in [4.69, 9.17) is 22.8 Å². The quantitative estimate of drug-likeness (QED) is 0.574. The Labute approximate surface area is 96.8 Å². The monoisotopic (exact) mass is 234 g/mol. The van der Waals surface area contributed by atoms with Gasteiger partial charge in [0, 0.05) is 5.56 Å². The van der Waals surface area contributed by atoms with Crippen molar-refractivity contribution in [3.05, 3.63) is 40.4 Å². The van der Waals surface area contributed by atoms with E-state index in [1.807, 2.05) is 24.3 Å². The smallest absolute Gasteiger partial charge is 0.214 e. The summed E-state index contributed by atoms with van der Waals surface area (Å²) in [4.78, 5) is 0. The number of aromatic nitrogens is 3. The molecule has 0 aliphatic carbocycles. The fourth-order valence-corrected chi connectivity index (χ4v) is 2.08. The van der Waals surface area contributed by atoms with Crippen LogP contribution in [0, 0.1) is 4.77 Å². The van der Waals surface area contributed by atoms with Crippen LogP contribution in [-0.2, 0) is 0 Å². The molecule has 0 saturated carbocycles. The van der Waals surface area contributed by atoms with Gasteiger partial charge in [-0.3, -0.25) is 5.10 Å². The summed E-state index contributed by atoms with van der Waals surface area (Å²) in [5.41, 5.74) is 1.10. The lowest BCUT2D eigenvalue weighted by molar-refractivity contribution is 0.338. The van der Waals surface area contributed by atoms with Crippen LogP contribution in [0.4, 0.5) is 0 Å². The Kier molecular flexibility index (Phi) is 1.97. The second kappa shape index (κ2) is 3.34. The molecule has 0 amide bonds. The van der Waals surface area contributed by atoms with E-state index in [1.54, 1.807) is 0 Å². The van der Waals surface area contributed by atoms with Gasteiger partial charge >= 0.3 is 0 Å². The maximum Gasteiger partial charge on any atom is 0.214 e. The molecule has 1 aromatic heterocycles. The third kappa shape index (κ3) is 1.23. The van der Waals surface area contributed by atoms with Crippen LogP contribution in [0.15, 0.2) is 24.3 Å². The summed E-state index contributed by atoms with van der Waals surface area (Å²) < 4.78 is 7.38. The molecular formula is C10H10N4OS. The van der Waals surface area contributed by atoms with E-state index in [0.717, 1.165) is 11.3 Å². The third-order valence-electron chi connectivity index (χ3n) is 2.74. The molecule has 1 atom stereocenters. The number of nitrogen functional groups attached to an aromatic ring is 1. The van der Waals surface area contributed by atoms with Gasteiger partial charge in [0.05, 0.1) is 5.92 Å². The number of nitrogens with two attached hydrogens (primary N) is 1. The van der Waals surface area contributed by atoms with Crippen molar-refractivity contribution in [2.45, 2.75) is 5.92 Å². The Morgan fingerprint density at radius 3 is 3.06 bits per heavy atom. The minimum absolute atomic E-state index is 0.0501. The number of nitrogens with one attached hydrogen (secondary N) is 1. The predicted molar refractivity (Wildman–Crippen MR) is 61.3 cm³/mol. The van der Waals surface area contributed by atoms with Gasteiger partial charge in [0.15, 0.2) is 5.82 Å². The number of para-hydroxylation sites is 1. The van der Waals surface area contributed by atoms with E-state index >= 15 is 0 Å². The van der Waals surface area contributed by atoms with Crippen LogP contribution in [0.2, 0.25) is 0 Å². The van der Waals surface area contributed by atoms with Gasteiger partial charge in [-0.2, -0.15) is 5.10 Å². The van der Waals surface area contributed by atoms with E-state index in [2.05, 4.69) is 10.2 Å². The molecule has 3 rings (SSSR count). The molecule has 1 aromatic carbocycles. The van der Waals surface area contributed by atoms with Crippen molar-refractivity contribution in [3.63, 3.8) is 0 Å². The Morgan fingerprint density at radius 1 is 1.50 bits per heavy atom. The van der Waals surface area contributed by atoms with Gasteiger partial charge in [0.2, 0.25) is 4.77 Å². The molecule has 2 heterocycles. The molecule has 0 saturated heterocycles. The summed E-state index contributed by atoms with van der Waals surface area (Å²) in [5, 5.41) is 6.82. The van der Waals surface area contributed by atoms with Crippen LogP contribution < -0.4 is 10.6 Å². The van der Waals surface area contributed by atoms with Gasteiger partial charge in [-0.25, -0.2) is 4.68 Å². The number of aromatic amines is 1. The second-order valence-corrected chi connectivity index (χ2v) is 4.05. The number of nitrogens with zero attached hydrogens (tertiary/aromatic N) is 2. The minimum Gasteiger partial charge on any atom is -0.492 e. The normalized spacial score (nSPS) is 18.1. The molecule has 5 nitrogen and oxygen atoms in total. The molecule has 0 bridgehead atoms. The van der Waals surface area contributed by atoms with Crippen molar-refractivity contribution in [1.29, 1.82) is 0 Å². The number of fused-ring (bicyclic) bond motifs is 1. The lowest BCUT2D eigenvalue weighted by Gasteiger charge is -2.06. The first-order valence-electron chi connectivity index (χ1n) is 4.91. The van der Waals surface area contributed by atoms with Crippen LogP contribution in [0.25, 0.3) is 0 Å². The summed E-state index contributed by atoms with van der Waals surface area (Å²) in [6.45, 7) is 0.552. The van der Waals surface area contributed by atoms with E-state index < -0.39 is 0 Å². The zero-order chi connectivity index (χ0) is 11.1. The standard InChI is InChI=1S/C10H10N4OS/c11-14-9(12-13-10(14)16)7-5-15-8-4-2-1-3-6(7)8/h1-4,7H,5,11H2,(H,13,16). The summed E-state index contributed by atoms with van der Waals surface area (Å²) >= 11 is 4.99. The first-order valence-corrected chi connectivity index (χ1v) is 5.32. The highest BCUT2D eigenvalue weighted by Gasteiger charge is 2.29. The van der Waals surface area contributed by atoms with Crippen LogP contribution in [0.5, 0.6) is 5.75 Å². The highest BCUT2D eigenvalue weighted by molar-refractivity contribution is 7.71. The van der Waals surface area contributed by atoms with Gasteiger partial charge in [-0.1, -0.05) is 18.2 Å². The largest absolute Gasteiger partial charge is 0.492 e. The van der Waals surface area contributed by atoms with Gasteiger partial charge in [-0.05, 0) is 18.3 Å². The molecular weight excluding hydrogens is 224 g/mol. The molecule has 2 aromatic rings. The summed E-state index contributed by atoms with van der Waals surface area (Å²) in [5.74, 6) is 7.45. The maximum absolute atomic E-state index is 5.80. The Morgan fingerprint density at radius 2 is 2.31 bits per heavy atom. The number of benzene rings is 1. The first-order chi connectivity index (χ1) is 7.77. The molecule has 0 radical (unpaired) electrons. The average Bonchev–Trinajstić information content (AvgIpc) is 2.85. The zero-order valence-electron chi connectivity index (χ0n) is 8.38. The van der Waals surface area contributed by atoms with Crippen LogP contribution >= 0.6 is 12.2 Å². The Hall–Kier alpha value is -1.82. The highest BCUT2D eigenvalue weighted by Crippen LogP contribution is 2.36. The Bertz CT molecular complexity index is 589. The summed E-state index contributed by atoms with van der Waals surface area (Å²) in [7, 11) is 0. The lowest BCUT2D eigenvalue weighted by Crippen LogP contribution is -2.17. The topological polar surface area (TPSA) is 68.9 Å². The number of ether oxygens (including phenoxy) is 1. The highest BCUT2D eigenvalue weighted by atomic mass is 32.1. The average molecular weight is 234 g/mol. The van der Waals surface area contributed by atoms with E-state index in [0.29, 0.717) is 17.2 Å². The van der Waals surface area contributed by atoms with E-state index in [-0.39, 0.29) is 5.92 Å². The molecule has 1 aliphatic rings. The zero-order valence-corrected chi connectivity index (χ0v) is 9.20. The molecule has 0 spiro atoms. The second-order valence-electron chi connectivity index (χ2n) is 3.66. The van der Waals surface area contributed by atoms with Crippen molar-refractivity contribution < 1.29 is 4.74 Å². The Balaban J connectivity index is 2.11. The maximum atomic E-state index is 5.80. The van der Waals surface area contributed by atoms with Crippen LogP contribution in [0.1, 0.15) is 17.3 Å². The molecule has 3 N–H and O–H groups in total. The van der Waals surface area contributed by atoms with E-state index in [1.165, 1.54) is 4.68 Å².